The monoisotopic (exact) mass is 318 g/mol. The molecular formula is C11H15IN2O. The quantitative estimate of drug-likeness (QED) is 0.840. The number of para-hydroxylation sites is 1. The molecule has 0 fully saturated rings. The van der Waals surface area contributed by atoms with Gasteiger partial charge in [0.05, 0.1) is 11.6 Å². The van der Waals surface area contributed by atoms with Crippen molar-refractivity contribution in [2.24, 2.45) is 11.7 Å². The number of carbonyl (C=O) groups is 1. The molecule has 0 aliphatic carbocycles. The van der Waals surface area contributed by atoms with Gasteiger partial charge in [0.1, 0.15) is 0 Å². The molecule has 2 atom stereocenters. The molecule has 0 aromatic heterocycles. The second-order valence-corrected chi connectivity index (χ2v) is 4.78. The van der Waals surface area contributed by atoms with Gasteiger partial charge in [-0.2, -0.15) is 0 Å². The van der Waals surface area contributed by atoms with E-state index < -0.39 is 0 Å². The average molecular weight is 318 g/mol. The van der Waals surface area contributed by atoms with E-state index in [4.69, 9.17) is 5.73 Å². The molecule has 0 saturated heterocycles. The van der Waals surface area contributed by atoms with Crippen LogP contribution in [0.5, 0.6) is 0 Å². The van der Waals surface area contributed by atoms with Crippen LogP contribution in [0, 0.1) is 9.49 Å². The maximum atomic E-state index is 11.7. The number of amides is 1. The zero-order valence-electron chi connectivity index (χ0n) is 8.83. The third kappa shape index (κ3) is 3.46. The van der Waals surface area contributed by atoms with Crippen molar-refractivity contribution < 1.29 is 4.79 Å². The molecular weight excluding hydrogens is 303 g/mol. The topological polar surface area (TPSA) is 55.1 Å². The third-order valence-electron chi connectivity index (χ3n) is 2.33. The molecule has 0 heterocycles. The van der Waals surface area contributed by atoms with Crippen LogP contribution in [0.2, 0.25) is 0 Å². The summed E-state index contributed by atoms with van der Waals surface area (Å²) in [7, 11) is 0. The van der Waals surface area contributed by atoms with Crippen LogP contribution >= 0.6 is 22.6 Å². The fourth-order valence-electron chi connectivity index (χ4n) is 1.05. The summed E-state index contributed by atoms with van der Waals surface area (Å²) in [5, 5.41) is 2.86. The van der Waals surface area contributed by atoms with Crippen LogP contribution < -0.4 is 11.1 Å². The molecule has 1 aromatic carbocycles. The highest BCUT2D eigenvalue weighted by Gasteiger charge is 2.17. The Morgan fingerprint density at radius 2 is 2.00 bits per heavy atom. The van der Waals surface area contributed by atoms with E-state index in [1.54, 1.807) is 0 Å². The van der Waals surface area contributed by atoms with Gasteiger partial charge in [-0.05, 0) is 41.6 Å². The highest BCUT2D eigenvalue weighted by atomic mass is 127. The van der Waals surface area contributed by atoms with Crippen LogP contribution in [-0.4, -0.2) is 11.9 Å². The third-order valence-corrected chi connectivity index (χ3v) is 3.27. The van der Waals surface area contributed by atoms with Gasteiger partial charge in [-0.15, -0.1) is 0 Å². The zero-order chi connectivity index (χ0) is 11.4. The van der Waals surface area contributed by atoms with Gasteiger partial charge in [-0.3, -0.25) is 4.79 Å². The van der Waals surface area contributed by atoms with Gasteiger partial charge in [-0.1, -0.05) is 19.1 Å². The van der Waals surface area contributed by atoms with Crippen molar-refractivity contribution >= 4 is 34.2 Å². The second-order valence-electron chi connectivity index (χ2n) is 3.62. The molecule has 15 heavy (non-hydrogen) atoms. The van der Waals surface area contributed by atoms with E-state index in [2.05, 4.69) is 27.9 Å². The number of nitrogens with one attached hydrogen (secondary N) is 1. The predicted octanol–water partition coefficient (Wildman–Crippen LogP) is 2.21. The molecule has 1 rings (SSSR count). The van der Waals surface area contributed by atoms with Crippen LogP contribution in [0.1, 0.15) is 13.8 Å². The normalized spacial score (nSPS) is 14.4. The van der Waals surface area contributed by atoms with Gasteiger partial charge < -0.3 is 11.1 Å². The van der Waals surface area contributed by atoms with E-state index in [0.29, 0.717) is 0 Å². The highest BCUT2D eigenvalue weighted by molar-refractivity contribution is 14.1. The first kappa shape index (κ1) is 12.4. The standard InChI is InChI=1S/C11H15IN2O/c1-7(8(2)13)11(15)14-10-6-4-3-5-9(10)12/h3-8H,13H2,1-2H3,(H,14,15). The first-order chi connectivity index (χ1) is 7.02. The second kappa shape index (κ2) is 5.46. The van der Waals surface area contributed by atoms with E-state index in [-0.39, 0.29) is 17.9 Å². The zero-order valence-corrected chi connectivity index (χ0v) is 11.0. The Kier molecular flexibility index (Phi) is 4.53. The number of hydrogen-bond donors (Lipinski definition) is 2. The summed E-state index contributed by atoms with van der Waals surface area (Å²) >= 11 is 2.19. The molecule has 3 N–H and O–H groups in total. The van der Waals surface area contributed by atoms with Gasteiger partial charge in [0.15, 0.2) is 0 Å². The van der Waals surface area contributed by atoms with Crippen molar-refractivity contribution in [3.05, 3.63) is 27.8 Å². The smallest absolute Gasteiger partial charge is 0.228 e. The van der Waals surface area contributed by atoms with Crippen molar-refractivity contribution in [1.82, 2.24) is 0 Å². The maximum Gasteiger partial charge on any atom is 0.228 e. The predicted molar refractivity (Wildman–Crippen MR) is 70.6 cm³/mol. The Morgan fingerprint density at radius 1 is 1.40 bits per heavy atom. The molecule has 82 valence electrons. The minimum Gasteiger partial charge on any atom is -0.327 e. The SMILES string of the molecule is CC(N)C(C)C(=O)Nc1ccccc1I. The molecule has 0 radical (unpaired) electrons. The van der Waals surface area contributed by atoms with Crippen molar-refractivity contribution in [2.75, 3.05) is 5.32 Å². The van der Waals surface area contributed by atoms with Gasteiger partial charge >= 0.3 is 0 Å². The Hall–Kier alpha value is -0.620. The molecule has 0 aliphatic rings. The molecule has 2 unspecified atom stereocenters. The lowest BCUT2D eigenvalue weighted by molar-refractivity contribution is -0.119. The fourth-order valence-corrected chi connectivity index (χ4v) is 1.57. The maximum absolute atomic E-state index is 11.7. The number of carbonyl (C=O) groups excluding carboxylic acids is 1. The Balaban J connectivity index is 2.71. The van der Waals surface area contributed by atoms with Gasteiger partial charge in [0, 0.05) is 9.61 Å². The van der Waals surface area contributed by atoms with Crippen LogP contribution in [0.4, 0.5) is 5.69 Å². The van der Waals surface area contributed by atoms with Crippen LogP contribution in [0.25, 0.3) is 0 Å². The summed E-state index contributed by atoms with van der Waals surface area (Å²) in [6.07, 6.45) is 0. The van der Waals surface area contributed by atoms with Gasteiger partial charge in [-0.25, -0.2) is 0 Å². The lowest BCUT2D eigenvalue weighted by Crippen LogP contribution is -2.34. The van der Waals surface area contributed by atoms with Crippen molar-refractivity contribution in [1.29, 1.82) is 0 Å². The Morgan fingerprint density at radius 3 is 2.53 bits per heavy atom. The van der Waals surface area contributed by atoms with E-state index in [1.165, 1.54) is 0 Å². The van der Waals surface area contributed by atoms with Gasteiger partial charge in [0.25, 0.3) is 0 Å². The van der Waals surface area contributed by atoms with Crippen molar-refractivity contribution in [3.8, 4) is 0 Å². The largest absolute Gasteiger partial charge is 0.327 e. The van der Waals surface area contributed by atoms with Crippen LogP contribution in [0.15, 0.2) is 24.3 Å². The summed E-state index contributed by atoms with van der Waals surface area (Å²) in [6.45, 7) is 3.66. The first-order valence-electron chi connectivity index (χ1n) is 4.83. The summed E-state index contributed by atoms with van der Waals surface area (Å²) in [5.41, 5.74) is 6.51. The lowest BCUT2D eigenvalue weighted by atomic mass is 10.0. The number of hydrogen-bond acceptors (Lipinski definition) is 2. The summed E-state index contributed by atoms with van der Waals surface area (Å²) in [4.78, 5) is 11.7. The molecule has 0 saturated carbocycles. The lowest BCUT2D eigenvalue weighted by Gasteiger charge is -2.15. The molecule has 1 amide bonds. The summed E-state index contributed by atoms with van der Waals surface area (Å²) < 4.78 is 1.03. The average Bonchev–Trinajstić information content (AvgIpc) is 2.20. The molecule has 0 aliphatic heterocycles. The van der Waals surface area contributed by atoms with E-state index in [0.717, 1.165) is 9.26 Å². The number of anilines is 1. The number of halogens is 1. The summed E-state index contributed by atoms with van der Waals surface area (Å²) in [6, 6.07) is 7.53. The van der Waals surface area contributed by atoms with Crippen molar-refractivity contribution in [2.45, 2.75) is 19.9 Å². The first-order valence-corrected chi connectivity index (χ1v) is 5.91. The molecule has 4 heteroatoms. The van der Waals surface area contributed by atoms with Gasteiger partial charge in [0.2, 0.25) is 5.91 Å². The Labute approximate surface area is 104 Å². The number of benzene rings is 1. The van der Waals surface area contributed by atoms with Crippen LogP contribution in [0.3, 0.4) is 0 Å². The molecule has 1 aromatic rings. The number of rotatable bonds is 3. The molecule has 0 spiro atoms. The van der Waals surface area contributed by atoms with Crippen molar-refractivity contribution in [3.63, 3.8) is 0 Å². The van der Waals surface area contributed by atoms with E-state index in [1.807, 2.05) is 38.1 Å². The highest BCUT2D eigenvalue weighted by Crippen LogP contribution is 2.18. The minimum absolute atomic E-state index is 0.0332. The molecule has 3 nitrogen and oxygen atoms in total. The van der Waals surface area contributed by atoms with Crippen LogP contribution in [-0.2, 0) is 4.79 Å². The van der Waals surface area contributed by atoms with E-state index in [9.17, 15) is 4.79 Å². The number of nitrogens with two attached hydrogens (primary N) is 1. The minimum atomic E-state index is -0.180. The Bertz CT molecular complexity index is 352. The fraction of sp³-hybridized carbons (Fsp3) is 0.364. The van der Waals surface area contributed by atoms with E-state index >= 15 is 0 Å². The summed E-state index contributed by atoms with van der Waals surface area (Å²) in [5.74, 6) is -0.213. The molecule has 0 bridgehead atoms.